The highest BCUT2D eigenvalue weighted by molar-refractivity contribution is 6.20. The van der Waals surface area contributed by atoms with E-state index in [2.05, 4.69) is 10.2 Å². The molecule has 0 aromatic carbocycles. The zero-order chi connectivity index (χ0) is 12.8. The summed E-state index contributed by atoms with van der Waals surface area (Å²) in [5.41, 5.74) is -0.106. The fourth-order valence-corrected chi connectivity index (χ4v) is 1.49. The Kier molecular flexibility index (Phi) is 2.38. The van der Waals surface area contributed by atoms with Crippen molar-refractivity contribution in [2.45, 2.75) is 26.4 Å². The number of imide groups is 1. The van der Waals surface area contributed by atoms with Gasteiger partial charge >= 0.3 is 0 Å². The fourth-order valence-electron chi connectivity index (χ4n) is 1.49. The molecule has 0 bridgehead atoms. The van der Waals surface area contributed by atoms with Gasteiger partial charge in [-0.05, 0) is 20.8 Å². The smallest absolute Gasteiger partial charge is 0.281 e. The first-order chi connectivity index (χ1) is 7.79. The second-order valence-electron chi connectivity index (χ2n) is 4.83. The summed E-state index contributed by atoms with van der Waals surface area (Å²) >= 11 is 0. The van der Waals surface area contributed by atoms with E-state index in [1.807, 2.05) is 20.8 Å². The number of carbonyl (C=O) groups excluding carboxylic acids is 2. The minimum Gasteiger partial charge on any atom is -0.471 e. The molecular weight excluding hydrogens is 222 g/mol. The van der Waals surface area contributed by atoms with Crippen LogP contribution in [-0.2, 0) is 0 Å². The molecule has 6 nitrogen and oxygen atoms in total. The summed E-state index contributed by atoms with van der Waals surface area (Å²) in [6, 6.07) is 1.46. The number of nitrogens with zero attached hydrogens (tertiary/aromatic N) is 3. The number of aromatic nitrogens is 2. The average Bonchev–Trinajstić information content (AvgIpc) is 2.42. The van der Waals surface area contributed by atoms with Crippen LogP contribution in [0.5, 0.6) is 5.88 Å². The lowest BCUT2D eigenvalue weighted by atomic mass is 10.2. The van der Waals surface area contributed by atoms with Gasteiger partial charge in [0.2, 0.25) is 5.88 Å². The van der Waals surface area contributed by atoms with Gasteiger partial charge in [0.25, 0.3) is 11.8 Å². The lowest BCUT2D eigenvalue weighted by molar-refractivity contribution is 0.0691. The van der Waals surface area contributed by atoms with Crippen LogP contribution < -0.4 is 4.74 Å². The van der Waals surface area contributed by atoms with Gasteiger partial charge < -0.3 is 4.74 Å². The molecule has 1 aromatic rings. The molecule has 0 atom stereocenters. The Morgan fingerprint density at radius 3 is 2.41 bits per heavy atom. The third-order valence-electron chi connectivity index (χ3n) is 2.22. The summed E-state index contributed by atoms with van der Waals surface area (Å²) < 4.78 is 5.49. The second kappa shape index (κ2) is 3.51. The molecule has 90 valence electrons. The van der Waals surface area contributed by atoms with E-state index in [0.29, 0.717) is 0 Å². The van der Waals surface area contributed by atoms with Crippen molar-refractivity contribution in [3.05, 3.63) is 17.3 Å². The monoisotopic (exact) mass is 235 g/mol. The molecule has 2 amide bonds. The van der Waals surface area contributed by atoms with Gasteiger partial charge in [-0.1, -0.05) is 0 Å². The zero-order valence-corrected chi connectivity index (χ0v) is 10.1. The van der Waals surface area contributed by atoms with Crippen molar-refractivity contribution in [1.82, 2.24) is 15.1 Å². The van der Waals surface area contributed by atoms with E-state index >= 15 is 0 Å². The number of hydrogen-bond donors (Lipinski definition) is 0. The van der Waals surface area contributed by atoms with Gasteiger partial charge in [0.15, 0.2) is 5.69 Å². The van der Waals surface area contributed by atoms with Crippen molar-refractivity contribution in [2.24, 2.45) is 0 Å². The van der Waals surface area contributed by atoms with E-state index in [0.717, 1.165) is 4.90 Å². The summed E-state index contributed by atoms with van der Waals surface area (Å²) in [5, 5.41) is 7.52. The number of hydrogen-bond acceptors (Lipinski definition) is 5. The number of carbonyl (C=O) groups is 2. The van der Waals surface area contributed by atoms with Gasteiger partial charge in [-0.2, -0.15) is 0 Å². The summed E-state index contributed by atoms with van der Waals surface area (Å²) in [4.78, 5) is 24.3. The molecular formula is C11H13N3O3. The molecule has 0 N–H and O–H groups in total. The number of rotatable bonds is 1. The molecule has 17 heavy (non-hydrogen) atoms. The molecule has 2 heterocycles. The number of amides is 2. The van der Waals surface area contributed by atoms with Crippen LogP contribution in [0, 0.1) is 0 Å². The molecule has 6 heteroatoms. The van der Waals surface area contributed by atoms with Crippen LogP contribution in [0.1, 0.15) is 41.6 Å². The number of ether oxygens (including phenoxy) is 1. The van der Waals surface area contributed by atoms with Gasteiger partial charge in [0.05, 0.1) is 5.56 Å². The number of fused-ring (bicyclic) bond motifs is 1. The Balaban J connectivity index is 2.40. The highest BCUT2D eigenvalue weighted by atomic mass is 16.5. The van der Waals surface area contributed by atoms with E-state index < -0.39 is 11.5 Å². The lowest BCUT2D eigenvalue weighted by Gasteiger charge is -2.19. The van der Waals surface area contributed by atoms with Crippen LogP contribution in [0.2, 0.25) is 0 Å². The highest BCUT2D eigenvalue weighted by Gasteiger charge is 2.35. The van der Waals surface area contributed by atoms with Crippen LogP contribution in [0.25, 0.3) is 0 Å². The Hall–Kier alpha value is -1.98. The van der Waals surface area contributed by atoms with Crippen molar-refractivity contribution in [2.75, 3.05) is 7.05 Å². The molecule has 0 radical (unpaired) electrons. The lowest BCUT2D eigenvalue weighted by Crippen LogP contribution is -2.24. The molecule has 0 unspecified atom stereocenters. The van der Waals surface area contributed by atoms with Crippen LogP contribution in [0.4, 0.5) is 0 Å². The molecule has 0 fully saturated rings. The average molecular weight is 235 g/mol. The first-order valence-corrected chi connectivity index (χ1v) is 5.19. The molecule has 0 spiro atoms. The van der Waals surface area contributed by atoms with Crippen molar-refractivity contribution in [3.63, 3.8) is 0 Å². The first kappa shape index (κ1) is 11.5. The first-order valence-electron chi connectivity index (χ1n) is 5.19. The third kappa shape index (κ3) is 1.98. The standard InChI is InChI=1S/C11H13N3O3/c1-11(2,3)17-7-5-6-8(13-12-7)10(16)14(4)9(6)15/h5H,1-4H3. The Labute approximate surface area is 98.6 Å². The topological polar surface area (TPSA) is 72.4 Å². The molecule has 0 saturated carbocycles. The van der Waals surface area contributed by atoms with Crippen molar-refractivity contribution < 1.29 is 14.3 Å². The quantitative estimate of drug-likeness (QED) is 0.675. The normalized spacial score (nSPS) is 15.2. The van der Waals surface area contributed by atoms with E-state index in [9.17, 15) is 9.59 Å². The predicted molar refractivity (Wildman–Crippen MR) is 58.8 cm³/mol. The maximum absolute atomic E-state index is 11.7. The van der Waals surface area contributed by atoms with Crippen LogP contribution in [-0.4, -0.2) is 39.6 Å². The molecule has 2 rings (SSSR count). The van der Waals surface area contributed by atoms with Crippen molar-refractivity contribution in [1.29, 1.82) is 0 Å². The zero-order valence-electron chi connectivity index (χ0n) is 10.1. The van der Waals surface area contributed by atoms with Crippen molar-refractivity contribution in [3.8, 4) is 5.88 Å². The summed E-state index contributed by atoms with van der Waals surface area (Å²) in [7, 11) is 1.41. The van der Waals surface area contributed by atoms with Gasteiger partial charge in [0, 0.05) is 13.1 Å². The van der Waals surface area contributed by atoms with Gasteiger partial charge in [-0.25, -0.2) is 0 Å². The fraction of sp³-hybridized carbons (Fsp3) is 0.455. The highest BCUT2D eigenvalue weighted by Crippen LogP contribution is 2.23. The summed E-state index contributed by atoms with van der Waals surface area (Å²) in [5.74, 6) is -0.564. The molecule has 0 saturated heterocycles. The van der Waals surface area contributed by atoms with Crippen LogP contribution >= 0.6 is 0 Å². The SMILES string of the molecule is CN1C(=O)c2cc(OC(C)(C)C)nnc2C1=O. The van der Waals surface area contributed by atoms with Crippen LogP contribution in [0.3, 0.4) is 0 Å². The van der Waals surface area contributed by atoms with Gasteiger partial charge in [-0.15, -0.1) is 10.2 Å². The van der Waals surface area contributed by atoms with Gasteiger partial charge in [-0.3, -0.25) is 14.5 Å². The van der Waals surface area contributed by atoms with E-state index in [1.54, 1.807) is 0 Å². The second-order valence-corrected chi connectivity index (χ2v) is 4.83. The maximum atomic E-state index is 11.7. The largest absolute Gasteiger partial charge is 0.471 e. The van der Waals surface area contributed by atoms with Gasteiger partial charge in [0.1, 0.15) is 5.60 Å². The Morgan fingerprint density at radius 1 is 1.18 bits per heavy atom. The maximum Gasteiger partial charge on any atom is 0.281 e. The predicted octanol–water partition coefficient (Wildman–Crippen LogP) is 0.880. The summed E-state index contributed by atoms with van der Waals surface area (Å²) in [6.07, 6.45) is 0. The Bertz CT molecular complexity index is 505. The molecule has 1 aliphatic rings. The van der Waals surface area contributed by atoms with E-state index in [1.165, 1.54) is 13.1 Å². The molecule has 1 aromatic heterocycles. The minimum absolute atomic E-state index is 0.0822. The Morgan fingerprint density at radius 2 is 1.82 bits per heavy atom. The van der Waals surface area contributed by atoms with Crippen LogP contribution in [0.15, 0.2) is 6.07 Å². The van der Waals surface area contributed by atoms with Crippen molar-refractivity contribution >= 4 is 11.8 Å². The third-order valence-corrected chi connectivity index (χ3v) is 2.22. The van der Waals surface area contributed by atoms with E-state index in [-0.39, 0.29) is 23.0 Å². The summed E-state index contributed by atoms with van der Waals surface area (Å²) in [6.45, 7) is 5.59. The van der Waals surface area contributed by atoms with E-state index in [4.69, 9.17) is 4.74 Å². The minimum atomic E-state index is -0.431. The molecule has 1 aliphatic heterocycles. The molecule has 0 aliphatic carbocycles.